The Kier molecular flexibility index (Phi) is 5.79. The number of ether oxygens (including phenoxy) is 1. The molecule has 2 rings (SSSR count). The minimum Gasteiger partial charge on any atom is -0.381 e. The van der Waals surface area contributed by atoms with Crippen molar-refractivity contribution in [2.24, 2.45) is 5.92 Å². The van der Waals surface area contributed by atoms with Crippen molar-refractivity contribution >= 4 is 11.8 Å². The van der Waals surface area contributed by atoms with Crippen LogP contribution in [0.2, 0.25) is 0 Å². The van der Waals surface area contributed by atoms with Crippen LogP contribution in [-0.4, -0.2) is 62.1 Å². The summed E-state index contributed by atoms with van der Waals surface area (Å²) in [7, 11) is 0. The number of nitrogens with zero attached hydrogens (tertiary/aromatic N) is 1. The summed E-state index contributed by atoms with van der Waals surface area (Å²) < 4.78 is 5.40. The number of carbonyl (C=O) groups excluding carboxylic acids is 2. The lowest BCUT2D eigenvalue weighted by atomic mass is 10.1. The molecule has 0 spiro atoms. The Morgan fingerprint density at radius 1 is 1.20 bits per heavy atom. The maximum absolute atomic E-state index is 11.9. The van der Waals surface area contributed by atoms with Crippen LogP contribution in [0, 0.1) is 5.92 Å². The lowest BCUT2D eigenvalue weighted by Crippen LogP contribution is -2.42. The molecule has 1 aliphatic carbocycles. The second-order valence-corrected chi connectivity index (χ2v) is 5.72. The van der Waals surface area contributed by atoms with Crippen molar-refractivity contribution in [3.8, 4) is 0 Å². The van der Waals surface area contributed by atoms with Gasteiger partial charge in [0, 0.05) is 39.2 Å². The Morgan fingerprint density at radius 3 is 2.55 bits per heavy atom. The van der Waals surface area contributed by atoms with Gasteiger partial charge in [0.25, 0.3) is 0 Å². The summed E-state index contributed by atoms with van der Waals surface area (Å²) in [5.74, 6) is 0.545. The molecule has 2 amide bonds. The van der Waals surface area contributed by atoms with Crippen molar-refractivity contribution in [1.29, 1.82) is 0 Å². The minimum atomic E-state index is -0.0694. The van der Waals surface area contributed by atoms with Crippen LogP contribution >= 0.6 is 0 Å². The topological polar surface area (TPSA) is 70.7 Å². The molecule has 2 aliphatic rings. The molecule has 20 heavy (non-hydrogen) atoms. The van der Waals surface area contributed by atoms with Crippen LogP contribution in [0.5, 0.6) is 0 Å². The molecule has 0 aromatic carbocycles. The zero-order valence-corrected chi connectivity index (χ0v) is 12.2. The smallest absolute Gasteiger partial charge is 0.234 e. The predicted octanol–water partition coefficient (Wildman–Crippen LogP) is -0.260. The number of carbonyl (C=O) groups is 2. The molecule has 1 atom stereocenters. The highest BCUT2D eigenvalue weighted by molar-refractivity contribution is 5.78. The van der Waals surface area contributed by atoms with Crippen molar-refractivity contribution in [3.63, 3.8) is 0 Å². The van der Waals surface area contributed by atoms with E-state index in [9.17, 15) is 9.59 Å². The summed E-state index contributed by atoms with van der Waals surface area (Å²) in [6.07, 6.45) is 3.51. The maximum atomic E-state index is 11.9. The zero-order valence-electron chi connectivity index (χ0n) is 12.2. The third-order valence-corrected chi connectivity index (χ3v) is 3.75. The fraction of sp³-hybridized carbons (Fsp3) is 0.857. The molecular formula is C14H25N3O3. The molecule has 0 aromatic rings. The van der Waals surface area contributed by atoms with Crippen LogP contribution < -0.4 is 10.6 Å². The molecule has 2 N–H and O–H groups in total. The van der Waals surface area contributed by atoms with Gasteiger partial charge in [0.2, 0.25) is 11.8 Å². The number of hydrogen-bond acceptors (Lipinski definition) is 4. The highest BCUT2D eigenvalue weighted by Crippen LogP contribution is 2.28. The van der Waals surface area contributed by atoms with Crippen molar-refractivity contribution in [1.82, 2.24) is 15.5 Å². The maximum Gasteiger partial charge on any atom is 0.234 e. The molecule has 1 aliphatic heterocycles. The molecule has 0 bridgehead atoms. The fourth-order valence-corrected chi connectivity index (χ4v) is 2.52. The van der Waals surface area contributed by atoms with Crippen LogP contribution in [0.3, 0.4) is 0 Å². The second kappa shape index (κ2) is 7.59. The Balaban J connectivity index is 1.65. The molecule has 1 heterocycles. The average Bonchev–Trinajstić information content (AvgIpc) is 3.13. The van der Waals surface area contributed by atoms with E-state index < -0.39 is 0 Å². The van der Waals surface area contributed by atoms with Gasteiger partial charge in [-0.15, -0.1) is 0 Å². The minimum absolute atomic E-state index is 0.0427. The molecule has 6 nitrogen and oxygen atoms in total. The Hall–Kier alpha value is -1.14. The van der Waals surface area contributed by atoms with Gasteiger partial charge in [0.05, 0.1) is 13.2 Å². The van der Waals surface area contributed by atoms with Crippen LogP contribution in [-0.2, 0) is 14.3 Å². The van der Waals surface area contributed by atoms with E-state index in [4.69, 9.17) is 4.74 Å². The zero-order chi connectivity index (χ0) is 14.4. The predicted molar refractivity (Wildman–Crippen MR) is 75.2 cm³/mol. The van der Waals surface area contributed by atoms with E-state index in [1.165, 1.54) is 19.8 Å². The van der Waals surface area contributed by atoms with Gasteiger partial charge >= 0.3 is 0 Å². The van der Waals surface area contributed by atoms with Gasteiger partial charge < -0.3 is 15.4 Å². The lowest BCUT2D eigenvalue weighted by molar-refractivity contribution is -0.123. The van der Waals surface area contributed by atoms with Gasteiger partial charge in [-0.1, -0.05) is 0 Å². The number of rotatable bonds is 8. The van der Waals surface area contributed by atoms with Crippen molar-refractivity contribution in [2.45, 2.75) is 32.2 Å². The monoisotopic (exact) mass is 283 g/mol. The van der Waals surface area contributed by atoms with Crippen molar-refractivity contribution in [2.75, 3.05) is 39.4 Å². The molecule has 1 saturated carbocycles. The normalized spacial score (nSPS) is 22.0. The summed E-state index contributed by atoms with van der Waals surface area (Å²) in [6.45, 7) is 5.55. The summed E-state index contributed by atoms with van der Waals surface area (Å²) >= 11 is 0. The van der Waals surface area contributed by atoms with Crippen LogP contribution in [0.25, 0.3) is 0 Å². The van der Waals surface area contributed by atoms with Crippen LogP contribution in [0.1, 0.15) is 26.2 Å². The SMILES string of the molecule is CC(=O)NCCNC(=O)CN(CC1CCOC1)C1CC1. The average molecular weight is 283 g/mol. The van der Waals surface area contributed by atoms with E-state index in [1.54, 1.807) is 0 Å². The first-order valence-corrected chi connectivity index (χ1v) is 7.48. The van der Waals surface area contributed by atoms with Gasteiger partial charge in [-0.05, 0) is 25.2 Å². The van der Waals surface area contributed by atoms with Gasteiger partial charge in [0.1, 0.15) is 0 Å². The Bertz CT molecular complexity index is 339. The fourth-order valence-electron chi connectivity index (χ4n) is 2.52. The number of nitrogens with one attached hydrogen (secondary N) is 2. The molecule has 0 radical (unpaired) electrons. The Labute approximate surface area is 120 Å². The van der Waals surface area contributed by atoms with Crippen LogP contribution in [0.15, 0.2) is 0 Å². The molecule has 2 fully saturated rings. The van der Waals surface area contributed by atoms with Crippen LogP contribution in [0.4, 0.5) is 0 Å². The van der Waals surface area contributed by atoms with E-state index in [0.29, 0.717) is 31.6 Å². The van der Waals surface area contributed by atoms with Gasteiger partial charge in [-0.25, -0.2) is 0 Å². The first-order chi connectivity index (χ1) is 9.65. The highest BCUT2D eigenvalue weighted by atomic mass is 16.5. The van der Waals surface area contributed by atoms with Gasteiger partial charge in [0.15, 0.2) is 0 Å². The summed E-state index contributed by atoms with van der Waals surface area (Å²) in [5.41, 5.74) is 0. The van der Waals surface area contributed by atoms with Crippen molar-refractivity contribution < 1.29 is 14.3 Å². The molecule has 1 unspecified atom stereocenters. The van der Waals surface area contributed by atoms with E-state index in [2.05, 4.69) is 15.5 Å². The van der Waals surface area contributed by atoms with Gasteiger partial charge in [-0.3, -0.25) is 14.5 Å². The van der Waals surface area contributed by atoms with E-state index in [1.807, 2.05) is 0 Å². The highest BCUT2D eigenvalue weighted by Gasteiger charge is 2.32. The first kappa shape index (κ1) is 15.3. The van der Waals surface area contributed by atoms with E-state index in [0.717, 1.165) is 26.2 Å². The van der Waals surface area contributed by atoms with Crippen molar-refractivity contribution in [3.05, 3.63) is 0 Å². The third-order valence-electron chi connectivity index (χ3n) is 3.75. The molecule has 0 aromatic heterocycles. The summed E-state index contributed by atoms with van der Waals surface area (Å²) in [4.78, 5) is 24.9. The molecular weight excluding hydrogens is 258 g/mol. The standard InChI is InChI=1S/C14H25N3O3/c1-11(18)15-5-6-16-14(19)9-17(13-2-3-13)8-12-4-7-20-10-12/h12-13H,2-10H2,1H3,(H,15,18)(H,16,19). The van der Waals surface area contributed by atoms with Gasteiger partial charge in [-0.2, -0.15) is 0 Å². The summed E-state index contributed by atoms with van der Waals surface area (Å²) in [6, 6.07) is 0.580. The second-order valence-electron chi connectivity index (χ2n) is 5.72. The van der Waals surface area contributed by atoms with E-state index in [-0.39, 0.29) is 11.8 Å². The third kappa shape index (κ3) is 5.46. The summed E-state index contributed by atoms with van der Waals surface area (Å²) in [5, 5.41) is 5.51. The molecule has 1 saturated heterocycles. The largest absolute Gasteiger partial charge is 0.381 e. The number of amides is 2. The lowest BCUT2D eigenvalue weighted by Gasteiger charge is -2.24. The molecule has 114 valence electrons. The number of hydrogen-bond donors (Lipinski definition) is 2. The van der Waals surface area contributed by atoms with E-state index >= 15 is 0 Å². The quantitative estimate of drug-likeness (QED) is 0.602. The molecule has 6 heteroatoms. The first-order valence-electron chi connectivity index (χ1n) is 7.48. The Morgan fingerprint density at radius 2 is 1.95 bits per heavy atom.